The first-order chi connectivity index (χ1) is 12.2. The Kier molecular flexibility index (Phi) is 3.48. The number of aromatic nitrogens is 3. The third-order valence-electron chi connectivity index (χ3n) is 5.82. The lowest BCUT2D eigenvalue weighted by Gasteiger charge is -2.29. The van der Waals surface area contributed by atoms with Crippen LogP contribution in [0.4, 0.5) is 0 Å². The van der Waals surface area contributed by atoms with Gasteiger partial charge >= 0.3 is 0 Å². The highest BCUT2D eigenvalue weighted by molar-refractivity contribution is 5.81. The van der Waals surface area contributed by atoms with E-state index in [9.17, 15) is 4.79 Å². The maximum Gasteiger partial charge on any atom is 0.225 e. The highest BCUT2D eigenvalue weighted by Crippen LogP contribution is 2.42. The minimum Gasteiger partial charge on any atom is -0.347 e. The van der Waals surface area contributed by atoms with Crippen LogP contribution in [-0.2, 0) is 18.4 Å². The van der Waals surface area contributed by atoms with E-state index in [0.29, 0.717) is 18.5 Å². The molecule has 25 heavy (non-hydrogen) atoms. The maximum atomic E-state index is 12.7. The van der Waals surface area contributed by atoms with E-state index in [1.165, 1.54) is 18.5 Å². The molecule has 6 nitrogen and oxygen atoms in total. The fraction of sp³-hybridized carbons (Fsp3) is 0.579. The number of hydrogen-bond acceptors (Lipinski definition) is 3. The first-order valence-electron chi connectivity index (χ1n) is 9.40. The van der Waals surface area contributed by atoms with Crippen molar-refractivity contribution in [3.8, 4) is 0 Å². The molecule has 2 saturated carbocycles. The summed E-state index contributed by atoms with van der Waals surface area (Å²) in [6.07, 6.45) is 9.45. The molecule has 0 aromatic carbocycles. The Morgan fingerprint density at radius 2 is 2.00 bits per heavy atom. The zero-order valence-electron chi connectivity index (χ0n) is 14.6. The van der Waals surface area contributed by atoms with Crippen LogP contribution in [0, 0.1) is 0 Å². The first-order valence-corrected chi connectivity index (χ1v) is 9.40. The SMILES string of the molecule is Cn1nccc1[C@H]1[C@H](NCc2cccn2C2CC2)CC(=O)N1C1CC1. The van der Waals surface area contributed by atoms with Gasteiger partial charge in [0.15, 0.2) is 0 Å². The van der Waals surface area contributed by atoms with E-state index >= 15 is 0 Å². The van der Waals surface area contributed by atoms with Crippen LogP contribution in [0.3, 0.4) is 0 Å². The third-order valence-corrected chi connectivity index (χ3v) is 5.82. The Bertz CT molecular complexity index is 785. The maximum absolute atomic E-state index is 12.7. The number of nitrogens with one attached hydrogen (secondary N) is 1. The smallest absolute Gasteiger partial charge is 0.225 e. The van der Waals surface area contributed by atoms with Gasteiger partial charge in [-0.1, -0.05) is 0 Å². The lowest BCUT2D eigenvalue weighted by atomic mass is 10.1. The van der Waals surface area contributed by atoms with Crippen LogP contribution < -0.4 is 5.32 Å². The van der Waals surface area contributed by atoms with E-state index in [0.717, 1.165) is 25.1 Å². The second-order valence-corrected chi connectivity index (χ2v) is 7.69. The molecule has 1 N–H and O–H groups in total. The minimum atomic E-state index is 0.0943. The average Bonchev–Trinajstić information content (AvgIpc) is 3.51. The van der Waals surface area contributed by atoms with E-state index in [2.05, 4.69) is 44.3 Å². The number of amides is 1. The summed E-state index contributed by atoms with van der Waals surface area (Å²) in [5, 5.41) is 8.03. The van der Waals surface area contributed by atoms with Crippen LogP contribution in [0.2, 0.25) is 0 Å². The van der Waals surface area contributed by atoms with Crippen LogP contribution in [0.5, 0.6) is 0 Å². The summed E-state index contributed by atoms with van der Waals surface area (Å²) in [4.78, 5) is 14.8. The number of likely N-dealkylation sites (tertiary alicyclic amines) is 1. The molecule has 1 saturated heterocycles. The van der Waals surface area contributed by atoms with Gasteiger partial charge in [0.25, 0.3) is 0 Å². The Morgan fingerprint density at radius 3 is 2.68 bits per heavy atom. The van der Waals surface area contributed by atoms with Gasteiger partial charge < -0.3 is 14.8 Å². The number of carbonyl (C=O) groups excluding carboxylic acids is 1. The van der Waals surface area contributed by atoms with Gasteiger partial charge in [0.1, 0.15) is 0 Å². The molecular weight excluding hydrogens is 314 g/mol. The molecule has 0 unspecified atom stereocenters. The summed E-state index contributed by atoms with van der Waals surface area (Å²) in [5.74, 6) is 0.281. The van der Waals surface area contributed by atoms with E-state index in [1.807, 2.05) is 17.9 Å². The number of carbonyl (C=O) groups is 1. The van der Waals surface area contributed by atoms with Gasteiger partial charge in [0, 0.05) is 56.2 Å². The van der Waals surface area contributed by atoms with Crippen LogP contribution in [-0.4, -0.2) is 37.2 Å². The van der Waals surface area contributed by atoms with E-state index in [1.54, 1.807) is 0 Å². The standard InChI is InChI=1S/C19H25N5O/c1-22-17(8-9-21-22)19-16(11-18(25)24(19)14-6-7-14)20-12-15-3-2-10-23(15)13-4-5-13/h2-3,8-10,13-14,16,19-20H,4-7,11-12H2,1H3/t16-,19-/m1/s1. The summed E-state index contributed by atoms with van der Waals surface area (Å²) < 4.78 is 4.31. The molecule has 3 fully saturated rings. The highest BCUT2D eigenvalue weighted by Gasteiger charge is 2.48. The fourth-order valence-electron chi connectivity index (χ4n) is 4.27. The fourth-order valence-corrected chi connectivity index (χ4v) is 4.27. The number of nitrogens with zero attached hydrogens (tertiary/aromatic N) is 4. The lowest BCUT2D eigenvalue weighted by Crippen LogP contribution is -2.38. The van der Waals surface area contributed by atoms with Crippen LogP contribution in [0.25, 0.3) is 0 Å². The Balaban J connectivity index is 1.38. The molecule has 2 aromatic heterocycles. The Hall–Kier alpha value is -2.08. The van der Waals surface area contributed by atoms with Crippen molar-refractivity contribution in [1.29, 1.82) is 0 Å². The summed E-state index contributed by atoms with van der Waals surface area (Å²) in [6.45, 7) is 0.814. The quantitative estimate of drug-likeness (QED) is 0.877. The first kappa shape index (κ1) is 15.2. The normalized spacial score (nSPS) is 26.6. The summed E-state index contributed by atoms with van der Waals surface area (Å²) in [7, 11) is 1.97. The molecule has 5 rings (SSSR count). The Morgan fingerprint density at radius 1 is 1.20 bits per heavy atom. The van der Waals surface area contributed by atoms with Crippen LogP contribution >= 0.6 is 0 Å². The molecule has 0 bridgehead atoms. The molecule has 132 valence electrons. The molecular formula is C19H25N5O. The molecule has 6 heteroatoms. The Labute approximate surface area is 147 Å². The monoisotopic (exact) mass is 339 g/mol. The molecule has 3 aliphatic rings. The van der Waals surface area contributed by atoms with Crippen molar-refractivity contribution in [1.82, 2.24) is 24.6 Å². The second kappa shape index (κ2) is 5.73. The number of aryl methyl sites for hydroxylation is 1. The van der Waals surface area contributed by atoms with Crippen molar-refractivity contribution < 1.29 is 4.79 Å². The molecule has 0 radical (unpaired) electrons. The third kappa shape index (κ3) is 2.68. The van der Waals surface area contributed by atoms with Crippen molar-refractivity contribution >= 4 is 5.91 Å². The van der Waals surface area contributed by atoms with Gasteiger partial charge in [-0.3, -0.25) is 9.48 Å². The zero-order valence-corrected chi connectivity index (χ0v) is 14.6. The lowest BCUT2D eigenvalue weighted by molar-refractivity contribution is -0.129. The molecule has 2 atom stereocenters. The van der Waals surface area contributed by atoms with Crippen molar-refractivity contribution in [3.05, 3.63) is 42.0 Å². The largest absolute Gasteiger partial charge is 0.347 e. The molecule has 2 aromatic rings. The summed E-state index contributed by atoms with van der Waals surface area (Å²) in [5.41, 5.74) is 2.46. The summed E-state index contributed by atoms with van der Waals surface area (Å²) >= 11 is 0. The van der Waals surface area contributed by atoms with Crippen LogP contribution in [0.15, 0.2) is 30.6 Å². The van der Waals surface area contributed by atoms with Gasteiger partial charge in [-0.05, 0) is 43.9 Å². The molecule has 3 heterocycles. The second-order valence-electron chi connectivity index (χ2n) is 7.69. The van der Waals surface area contributed by atoms with Gasteiger partial charge in [0.2, 0.25) is 5.91 Å². The number of rotatable bonds is 6. The molecule has 0 spiro atoms. The average molecular weight is 339 g/mol. The van der Waals surface area contributed by atoms with Crippen molar-refractivity contribution in [2.45, 2.75) is 62.8 Å². The zero-order chi connectivity index (χ0) is 17.0. The summed E-state index contributed by atoms with van der Waals surface area (Å²) in [6, 6.07) is 7.73. The topological polar surface area (TPSA) is 55.1 Å². The van der Waals surface area contributed by atoms with Crippen LogP contribution in [0.1, 0.15) is 55.6 Å². The van der Waals surface area contributed by atoms with E-state index in [4.69, 9.17) is 0 Å². The van der Waals surface area contributed by atoms with Crippen molar-refractivity contribution in [2.24, 2.45) is 7.05 Å². The predicted octanol–water partition coefficient (Wildman–Crippen LogP) is 2.15. The van der Waals surface area contributed by atoms with Gasteiger partial charge in [-0.15, -0.1) is 0 Å². The van der Waals surface area contributed by atoms with Gasteiger partial charge in [0.05, 0.1) is 11.7 Å². The van der Waals surface area contributed by atoms with Gasteiger partial charge in [-0.2, -0.15) is 5.10 Å². The predicted molar refractivity (Wildman–Crippen MR) is 93.8 cm³/mol. The van der Waals surface area contributed by atoms with E-state index in [-0.39, 0.29) is 18.0 Å². The van der Waals surface area contributed by atoms with Crippen molar-refractivity contribution in [3.63, 3.8) is 0 Å². The molecule has 1 aliphatic heterocycles. The number of hydrogen-bond donors (Lipinski definition) is 1. The van der Waals surface area contributed by atoms with E-state index < -0.39 is 0 Å². The van der Waals surface area contributed by atoms with Crippen molar-refractivity contribution in [2.75, 3.05) is 0 Å². The minimum absolute atomic E-state index is 0.0943. The molecule has 1 amide bonds. The highest BCUT2D eigenvalue weighted by atomic mass is 16.2. The molecule has 2 aliphatic carbocycles. The van der Waals surface area contributed by atoms with Gasteiger partial charge in [-0.25, -0.2) is 0 Å².